The van der Waals surface area contributed by atoms with E-state index in [1.807, 2.05) is 0 Å². The van der Waals surface area contributed by atoms with Crippen LogP contribution in [-0.2, 0) is 32.7 Å². The fourth-order valence-corrected chi connectivity index (χ4v) is 13.2. The van der Waals surface area contributed by atoms with Crippen molar-refractivity contribution in [3.63, 3.8) is 0 Å². The number of phosphoric acid groups is 1. The number of phosphoric ester groups is 1. The zero-order valence-corrected chi connectivity index (χ0v) is 60.6. The summed E-state index contributed by atoms with van der Waals surface area (Å²) in [5.41, 5.74) is 5.42. The second-order valence-electron chi connectivity index (χ2n) is 27.3. The van der Waals surface area contributed by atoms with Gasteiger partial charge in [0.15, 0.2) is 6.10 Å². The van der Waals surface area contributed by atoms with Crippen molar-refractivity contribution in [2.45, 2.75) is 444 Å². The zero-order valence-electron chi connectivity index (χ0n) is 59.7. The summed E-state index contributed by atoms with van der Waals surface area (Å²) in [6.45, 7) is 3.83. The highest BCUT2D eigenvalue weighted by molar-refractivity contribution is 7.47. The highest BCUT2D eigenvalue weighted by Crippen LogP contribution is 2.43. The molecule has 89 heavy (non-hydrogen) atoms. The summed E-state index contributed by atoms with van der Waals surface area (Å²) in [4.78, 5) is 35.4. The van der Waals surface area contributed by atoms with Crippen molar-refractivity contribution in [2.75, 3.05) is 26.4 Å². The Kier molecular flexibility index (Phi) is 74.2. The van der Waals surface area contributed by atoms with Crippen LogP contribution in [0.3, 0.4) is 0 Å². The fraction of sp³-hybridized carbons (Fsp3) is 0.924. The van der Waals surface area contributed by atoms with E-state index >= 15 is 0 Å². The summed E-state index contributed by atoms with van der Waals surface area (Å²) in [5, 5.41) is 0. The molecule has 0 bridgehead atoms. The fourth-order valence-electron chi connectivity index (χ4n) is 12.4. The molecule has 0 saturated carbocycles. The Bertz CT molecular complexity index is 1510. The van der Waals surface area contributed by atoms with Gasteiger partial charge >= 0.3 is 19.8 Å². The smallest absolute Gasteiger partial charge is 0.462 e. The first kappa shape index (κ1) is 87.5. The SMILES string of the molecule is CCCCCCC/C=C\C/C=C\CCCCCCCCCCCCCCCCCCCCCCCC(=O)OC(COC(=O)CCCCCCCCCCCCCCCCCCCCCCCCCCCCCCCCCCCCC)COP(=O)(O)OCCN. The molecule has 10 heteroatoms. The lowest BCUT2D eigenvalue weighted by molar-refractivity contribution is -0.161. The molecular formula is C79H154NO8P. The monoisotopic (exact) mass is 1280 g/mol. The van der Waals surface area contributed by atoms with Gasteiger partial charge in [0.05, 0.1) is 13.2 Å². The number of hydrogen-bond acceptors (Lipinski definition) is 8. The Morgan fingerprint density at radius 3 is 0.854 bits per heavy atom. The van der Waals surface area contributed by atoms with E-state index in [2.05, 4.69) is 38.2 Å². The molecular weight excluding hydrogens is 1120 g/mol. The molecule has 0 aliphatic carbocycles. The molecule has 2 atom stereocenters. The van der Waals surface area contributed by atoms with Crippen molar-refractivity contribution < 1.29 is 37.6 Å². The molecule has 0 aromatic rings. The number of allylic oxidation sites excluding steroid dienone is 4. The number of esters is 2. The lowest BCUT2D eigenvalue weighted by atomic mass is 10.0. The average Bonchev–Trinajstić information content (AvgIpc) is 3.58. The van der Waals surface area contributed by atoms with Gasteiger partial charge in [-0.3, -0.25) is 18.6 Å². The Labute approximate surface area is 554 Å². The normalized spacial score (nSPS) is 12.9. The molecule has 9 nitrogen and oxygen atoms in total. The van der Waals surface area contributed by atoms with Crippen LogP contribution in [0, 0.1) is 0 Å². The summed E-state index contributed by atoms with van der Waals surface area (Å²) < 4.78 is 33.3. The molecule has 0 aromatic carbocycles. The van der Waals surface area contributed by atoms with Gasteiger partial charge < -0.3 is 20.1 Å². The van der Waals surface area contributed by atoms with Gasteiger partial charge in [-0.05, 0) is 44.9 Å². The Morgan fingerprint density at radius 2 is 0.584 bits per heavy atom. The van der Waals surface area contributed by atoms with Gasteiger partial charge in [0.1, 0.15) is 6.61 Å². The van der Waals surface area contributed by atoms with Gasteiger partial charge in [-0.2, -0.15) is 0 Å². The first-order valence-electron chi connectivity index (χ1n) is 39.8. The van der Waals surface area contributed by atoms with Crippen LogP contribution in [0.4, 0.5) is 0 Å². The number of rotatable bonds is 77. The van der Waals surface area contributed by atoms with E-state index in [1.165, 1.54) is 366 Å². The maximum absolute atomic E-state index is 12.8. The van der Waals surface area contributed by atoms with E-state index < -0.39 is 26.5 Å². The molecule has 0 amide bonds. The Hall–Kier alpha value is -1.51. The quantitative estimate of drug-likeness (QED) is 0.0264. The van der Waals surface area contributed by atoms with Crippen molar-refractivity contribution in [1.82, 2.24) is 0 Å². The van der Waals surface area contributed by atoms with Crippen LogP contribution < -0.4 is 5.73 Å². The van der Waals surface area contributed by atoms with Gasteiger partial charge in [0.25, 0.3) is 0 Å². The van der Waals surface area contributed by atoms with Gasteiger partial charge in [-0.25, -0.2) is 4.57 Å². The van der Waals surface area contributed by atoms with Crippen LogP contribution in [0.25, 0.3) is 0 Å². The highest BCUT2D eigenvalue weighted by atomic mass is 31.2. The van der Waals surface area contributed by atoms with Crippen molar-refractivity contribution in [2.24, 2.45) is 5.73 Å². The van der Waals surface area contributed by atoms with E-state index in [0.717, 1.165) is 38.5 Å². The van der Waals surface area contributed by atoms with Crippen LogP contribution in [-0.4, -0.2) is 49.3 Å². The van der Waals surface area contributed by atoms with Gasteiger partial charge in [-0.15, -0.1) is 0 Å². The number of carbonyl (C=O) groups excluding carboxylic acids is 2. The number of carbonyl (C=O) groups is 2. The van der Waals surface area contributed by atoms with E-state index in [0.29, 0.717) is 6.42 Å². The molecule has 528 valence electrons. The predicted octanol–water partition coefficient (Wildman–Crippen LogP) is 26.4. The molecule has 0 saturated heterocycles. The predicted molar refractivity (Wildman–Crippen MR) is 386 cm³/mol. The van der Waals surface area contributed by atoms with E-state index in [-0.39, 0.29) is 38.6 Å². The maximum atomic E-state index is 12.8. The lowest BCUT2D eigenvalue weighted by Crippen LogP contribution is -2.29. The van der Waals surface area contributed by atoms with Crippen LogP contribution in [0.15, 0.2) is 24.3 Å². The topological polar surface area (TPSA) is 134 Å². The minimum Gasteiger partial charge on any atom is -0.462 e. The number of unbranched alkanes of at least 4 members (excludes halogenated alkanes) is 60. The minimum atomic E-state index is -4.39. The summed E-state index contributed by atoms with van der Waals surface area (Å²) >= 11 is 0. The van der Waals surface area contributed by atoms with Crippen molar-refractivity contribution in [1.29, 1.82) is 0 Å². The molecule has 3 N–H and O–H groups in total. The van der Waals surface area contributed by atoms with Crippen LogP contribution in [0.5, 0.6) is 0 Å². The average molecular weight is 1280 g/mol. The summed E-state index contributed by atoms with van der Waals surface area (Å²) in [5.74, 6) is -0.798. The summed E-state index contributed by atoms with van der Waals surface area (Å²) in [6.07, 6.45) is 94.7. The van der Waals surface area contributed by atoms with Crippen molar-refractivity contribution >= 4 is 19.8 Å². The first-order chi connectivity index (χ1) is 43.8. The maximum Gasteiger partial charge on any atom is 0.472 e. The van der Waals surface area contributed by atoms with Crippen LogP contribution in [0.1, 0.15) is 438 Å². The Balaban J connectivity index is 3.74. The molecule has 0 aliphatic rings. The van der Waals surface area contributed by atoms with Crippen molar-refractivity contribution in [3.05, 3.63) is 24.3 Å². The molecule has 0 rings (SSSR count). The molecule has 0 aliphatic heterocycles. The second kappa shape index (κ2) is 75.5. The molecule has 0 radical (unpaired) electrons. The largest absolute Gasteiger partial charge is 0.472 e. The number of ether oxygens (including phenoxy) is 2. The van der Waals surface area contributed by atoms with E-state index in [4.69, 9.17) is 24.3 Å². The third-order valence-corrected chi connectivity index (χ3v) is 19.3. The van der Waals surface area contributed by atoms with E-state index in [1.54, 1.807) is 0 Å². The first-order valence-corrected chi connectivity index (χ1v) is 41.3. The third-order valence-electron chi connectivity index (χ3n) is 18.3. The highest BCUT2D eigenvalue weighted by Gasteiger charge is 2.26. The van der Waals surface area contributed by atoms with Gasteiger partial charge in [-0.1, -0.05) is 404 Å². The van der Waals surface area contributed by atoms with Gasteiger partial charge in [0, 0.05) is 19.4 Å². The zero-order chi connectivity index (χ0) is 64.4. The summed E-state index contributed by atoms with van der Waals surface area (Å²) in [6, 6.07) is 0. The second-order valence-corrected chi connectivity index (χ2v) is 28.8. The standard InChI is InChI=1S/C79H154NO8P/c1-3-5-7-9-11-13-15-17-19-21-23-25-27-29-31-33-35-37-38-40-41-43-45-47-49-51-53-55-57-59-61-63-65-67-69-71-78(81)85-75-77(76-87-89(83,84)86-74-73-80)88-79(82)72-70-68-66-64-62-60-58-56-54-52-50-48-46-44-42-39-36-34-32-30-28-26-24-22-20-18-16-14-12-10-8-6-4-2/h16,18,22,24,77H,3-15,17,19-21,23,25-76,80H2,1-2H3,(H,83,84)/b18-16-,24-22-. The van der Waals surface area contributed by atoms with E-state index in [9.17, 15) is 19.0 Å². The van der Waals surface area contributed by atoms with Gasteiger partial charge in [0.2, 0.25) is 0 Å². The third kappa shape index (κ3) is 75.4. The Morgan fingerprint density at radius 1 is 0.337 bits per heavy atom. The molecule has 0 aromatic heterocycles. The van der Waals surface area contributed by atoms with Crippen LogP contribution in [0.2, 0.25) is 0 Å². The number of hydrogen-bond donors (Lipinski definition) is 2. The minimum absolute atomic E-state index is 0.0573. The molecule has 0 fully saturated rings. The molecule has 2 unspecified atom stereocenters. The van der Waals surface area contributed by atoms with Crippen molar-refractivity contribution in [3.8, 4) is 0 Å². The molecule has 0 heterocycles. The summed E-state index contributed by atoms with van der Waals surface area (Å²) in [7, 11) is -4.39. The lowest BCUT2D eigenvalue weighted by Gasteiger charge is -2.19. The molecule has 0 spiro atoms. The number of nitrogens with two attached hydrogens (primary N) is 1. The van der Waals surface area contributed by atoms with Crippen LogP contribution >= 0.6 is 7.82 Å².